The summed E-state index contributed by atoms with van der Waals surface area (Å²) < 4.78 is 0. The van der Waals surface area contributed by atoms with E-state index in [2.05, 4.69) is 15.3 Å². The Morgan fingerprint density at radius 1 is 1.56 bits per heavy atom. The van der Waals surface area contributed by atoms with E-state index in [1.165, 1.54) is 0 Å². The standard InChI is InChI=1S/C11H17N3O2/c1-8-12-7-5-9(13-8)14-11(2,3)6-4-10(15)16/h5,7H,4,6H2,1-3H3,(H,15,16)(H,12,13,14). The van der Waals surface area contributed by atoms with Gasteiger partial charge in [-0.25, -0.2) is 9.97 Å². The van der Waals surface area contributed by atoms with Crippen LogP contribution in [0.3, 0.4) is 0 Å². The van der Waals surface area contributed by atoms with E-state index >= 15 is 0 Å². The Morgan fingerprint density at radius 3 is 2.81 bits per heavy atom. The number of carboxylic acid groups (broad SMARTS) is 1. The molecule has 2 N–H and O–H groups in total. The van der Waals surface area contributed by atoms with Gasteiger partial charge in [-0.05, 0) is 33.3 Å². The Kier molecular flexibility index (Phi) is 3.82. The van der Waals surface area contributed by atoms with Gasteiger partial charge in [0, 0.05) is 18.2 Å². The highest BCUT2D eigenvalue weighted by Gasteiger charge is 2.19. The van der Waals surface area contributed by atoms with Crippen LogP contribution in [0.25, 0.3) is 0 Å². The second kappa shape index (κ2) is 4.92. The van der Waals surface area contributed by atoms with Gasteiger partial charge in [0.15, 0.2) is 0 Å². The van der Waals surface area contributed by atoms with Crippen LogP contribution in [0.1, 0.15) is 32.5 Å². The zero-order valence-electron chi connectivity index (χ0n) is 9.82. The molecule has 5 heteroatoms. The van der Waals surface area contributed by atoms with Gasteiger partial charge in [0.25, 0.3) is 0 Å². The van der Waals surface area contributed by atoms with Crippen LogP contribution in [-0.2, 0) is 4.79 Å². The van der Waals surface area contributed by atoms with Gasteiger partial charge in [-0.15, -0.1) is 0 Å². The first kappa shape index (κ1) is 12.4. The van der Waals surface area contributed by atoms with Crippen molar-refractivity contribution in [3.8, 4) is 0 Å². The highest BCUT2D eigenvalue weighted by molar-refractivity contribution is 5.66. The number of anilines is 1. The zero-order chi connectivity index (χ0) is 12.2. The number of nitrogens with one attached hydrogen (secondary N) is 1. The van der Waals surface area contributed by atoms with Gasteiger partial charge in [-0.3, -0.25) is 4.79 Å². The molecular formula is C11H17N3O2. The molecule has 0 saturated heterocycles. The van der Waals surface area contributed by atoms with Crippen LogP contribution in [0.2, 0.25) is 0 Å². The Bertz CT molecular complexity index is 377. The Morgan fingerprint density at radius 2 is 2.25 bits per heavy atom. The van der Waals surface area contributed by atoms with Crippen LogP contribution in [-0.4, -0.2) is 26.6 Å². The van der Waals surface area contributed by atoms with Gasteiger partial charge in [0.05, 0.1) is 0 Å². The van der Waals surface area contributed by atoms with E-state index in [0.717, 1.165) is 5.82 Å². The SMILES string of the molecule is Cc1nccc(NC(C)(C)CCC(=O)O)n1. The van der Waals surface area contributed by atoms with Gasteiger partial charge < -0.3 is 10.4 Å². The van der Waals surface area contributed by atoms with Crippen molar-refractivity contribution in [3.63, 3.8) is 0 Å². The summed E-state index contributed by atoms with van der Waals surface area (Å²) in [6, 6.07) is 1.77. The third kappa shape index (κ3) is 4.25. The van der Waals surface area contributed by atoms with Crippen LogP contribution in [0.5, 0.6) is 0 Å². The minimum atomic E-state index is -0.784. The summed E-state index contributed by atoms with van der Waals surface area (Å²) in [7, 11) is 0. The number of carbonyl (C=O) groups is 1. The van der Waals surface area contributed by atoms with Crippen molar-refractivity contribution >= 4 is 11.8 Å². The zero-order valence-corrected chi connectivity index (χ0v) is 9.82. The fourth-order valence-electron chi connectivity index (χ4n) is 1.35. The first-order valence-corrected chi connectivity index (χ1v) is 5.19. The summed E-state index contributed by atoms with van der Waals surface area (Å²) in [6.07, 6.45) is 2.37. The average Bonchev–Trinajstić information content (AvgIpc) is 2.14. The molecule has 0 atom stereocenters. The van der Waals surface area contributed by atoms with E-state index in [4.69, 9.17) is 5.11 Å². The first-order chi connectivity index (χ1) is 7.39. The lowest BCUT2D eigenvalue weighted by Gasteiger charge is -2.26. The van der Waals surface area contributed by atoms with Gasteiger partial charge in [0.1, 0.15) is 11.6 Å². The molecule has 0 saturated carbocycles. The van der Waals surface area contributed by atoms with Gasteiger partial charge >= 0.3 is 5.97 Å². The van der Waals surface area contributed by atoms with E-state index in [1.807, 2.05) is 20.8 Å². The molecule has 1 rings (SSSR count). The van der Waals surface area contributed by atoms with Crippen LogP contribution in [0.4, 0.5) is 5.82 Å². The molecule has 1 aromatic rings. The van der Waals surface area contributed by atoms with Crippen molar-refractivity contribution in [3.05, 3.63) is 18.1 Å². The molecule has 1 aromatic heterocycles. The van der Waals surface area contributed by atoms with Crippen LogP contribution in [0, 0.1) is 6.92 Å². The predicted octanol–water partition coefficient (Wildman–Crippen LogP) is 1.84. The quantitative estimate of drug-likeness (QED) is 0.796. The molecule has 0 radical (unpaired) electrons. The number of nitrogens with zero attached hydrogens (tertiary/aromatic N) is 2. The van der Waals surface area contributed by atoms with E-state index in [-0.39, 0.29) is 12.0 Å². The molecule has 0 spiro atoms. The van der Waals surface area contributed by atoms with E-state index in [0.29, 0.717) is 12.2 Å². The fourth-order valence-corrected chi connectivity index (χ4v) is 1.35. The molecule has 16 heavy (non-hydrogen) atoms. The Labute approximate surface area is 94.9 Å². The molecule has 0 aromatic carbocycles. The van der Waals surface area contributed by atoms with E-state index in [9.17, 15) is 4.79 Å². The minimum Gasteiger partial charge on any atom is -0.481 e. The van der Waals surface area contributed by atoms with Crippen molar-refractivity contribution < 1.29 is 9.90 Å². The maximum atomic E-state index is 10.5. The van der Waals surface area contributed by atoms with Gasteiger partial charge in [0.2, 0.25) is 0 Å². The number of aryl methyl sites for hydroxylation is 1. The summed E-state index contributed by atoms with van der Waals surface area (Å²) in [5.41, 5.74) is -0.292. The molecule has 0 aliphatic carbocycles. The summed E-state index contributed by atoms with van der Waals surface area (Å²) >= 11 is 0. The first-order valence-electron chi connectivity index (χ1n) is 5.19. The van der Waals surface area contributed by atoms with Crippen molar-refractivity contribution in [2.75, 3.05) is 5.32 Å². The van der Waals surface area contributed by atoms with Crippen LogP contribution >= 0.6 is 0 Å². The van der Waals surface area contributed by atoms with Gasteiger partial charge in [-0.1, -0.05) is 0 Å². The van der Waals surface area contributed by atoms with Crippen molar-refractivity contribution in [2.24, 2.45) is 0 Å². The smallest absolute Gasteiger partial charge is 0.303 e. The summed E-state index contributed by atoms with van der Waals surface area (Å²) in [5.74, 6) is 0.635. The lowest BCUT2D eigenvalue weighted by atomic mass is 9.98. The number of aromatic nitrogens is 2. The number of aliphatic carboxylic acids is 1. The lowest BCUT2D eigenvalue weighted by Crippen LogP contribution is -2.32. The highest BCUT2D eigenvalue weighted by Crippen LogP contribution is 2.17. The largest absolute Gasteiger partial charge is 0.481 e. The van der Waals surface area contributed by atoms with Crippen molar-refractivity contribution in [2.45, 2.75) is 39.2 Å². The number of hydrogen-bond acceptors (Lipinski definition) is 4. The second-order valence-electron chi connectivity index (χ2n) is 4.39. The molecular weight excluding hydrogens is 206 g/mol. The fraction of sp³-hybridized carbons (Fsp3) is 0.545. The Hall–Kier alpha value is -1.65. The molecule has 0 aliphatic rings. The number of rotatable bonds is 5. The third-order valence-electron chi connectivity index (χ3n) is 2.21. The molecule has 0 fully saturated rings. The van der Waals surface area contributed by atoms with Crippen molar-refractivity contribution in [1.29, 1.82) is 0 Å². The number of hydrogen-bond donors (Lipinski definition) is 2. The van der Waals surface area contributed by atoms with Crippen LogP contribution < -0.4 is 5.32 Å². The number of carboxylic acids is 1. The summed E-state index contributed by atoms with van der Waals surface area (Å²) in [6.45, 7) is 5.72. The molecule has 88 valence electrons. The lowest BCUT2D eigenvalue weighted by molar-refractivity contribution is -0.137. The Balaban J connectivity index is 2.61. The highest BCUT2D eigenvalue weighted by atomic mass is 16.4. The third-order valence-corrected chi connectivity index (χ3v) is 2.21. The van der Waals surface area contributed by atoms with E-state index in [1.54, 1.807) is 12.3 Å². The second-order valence-corrected chi connectivity index (χ2v) is 4.39. The molecule has 0 amide bonds. The van der Waals surface area contributed by atoms with Gasteiger partial charge in [-0.2, -0.15) is 0 Å². The van der Waals surface area contributed by atoms with Crippen LogP contribution in [0.15, 0.2) is 12.3 Å². The topological polar surface area (TPSA) is 75.1 Å². The van der Waals surface area contributed by atoms with E-state index < -0.39 is 5.97 Å². The molecule has 0 bridgehead atoms. The minimum absolute atomic E-state index is 0.143. The summed E-state index contributed by atoms with van der Waals surface area (Å²) in [5, 5.41) is 11.8. The predicted molar refractivity (Wildman–Crippen MR) is 61.3 cm³/mol. The summed E-state index contributed by atoms with van der Waals surface area (Å²) in [4.78, 5) is 18.7. The normalized spacial score (nSPS) is 11.2. The molecule has 1 heterocycles. The molecule has 0 aliphatic heterocycles. The average molecular weight is 223 g/mol. The maximum Gasteiger partial charge on any atom is 0.303 e. The molecule has 5 nitrogen and oxygen atoms in total. The molecule has 0 unspecified atom stereocenters. The monoisotopic (exact) mass is 223 g/mol. The van der Waals surface area contributed by atoms with Crippen molar-refractivity contribution in [1.82, 2.24) is 9.97 Å². The maximum absolute atomic E-state index is 10.5.